The van der Waals surface area contributed by atoms with Gasteiger partial charge in [-0.25, -0.2) is 0 Å². The monoisotopic (exact) mass is 226 g/mol. The van der Waals surface area contributed by atoms with Crippen molar-refractivity contribution >= 4 is 5.91 Å². The van der Waals surface area contributed by atoms with Crippen LogP contribution in [0.2, 0.25) is 0 Å². The van der Waals surface area contributed by atoms with E-state index in [9.17, 15) is 4.79 Å². The molecule has 1 saturated heterocycles. The number of morpholine rings is 1. The normalized spacial score (nSPS) is 30.1. The molecule has 16 heavy (non-hydrogen) atoms. The van der Waals surface area contributed by atoms with E-state index in [0.29, 0.717) is 19.8 Å². The number of ether oxygens (including phenoxy) is 1. The quantitative estimate of drug-likeness (QED) is 0.722. The summed E-state index contributed by atoms with van der Waals surface area (Å²) in [7, 11) is 0. The average molecular weight is 226 g/mol. The Labute approximate surface area is 97.1 Å². The van der Waals surface area contributed by atoms with Gasteiger partial charge in [0.1, 0.15) is 0 Å². The van der Waals surface area contributed by atoms with E-state index in [4.69, 9.17) is 10.5 Å². The number of carbonyl (C=O) groups is 1. The zero-order valence-electron chi connectivity index (χ0n) is 10.1. The van der Waals surface area contributed by atoms with Crippen molar-refractivity contribution in [1.82, 2.24) is 4.90 Å². The number of hydrogen-bond acceptors (Lipinski definition) is 3. The summed E-state index contributed by atoms with van der Waals surface area (Å²) in [4.78, 5) is 14.3. The van der Waals surface area contributed by atoms with E-state index in [1.165, 1.54) is 6.42 Å². The van der Waals surface area contributed by atoms with Crippen LogP contribution in [0.25, 0.3) is 0 Å². The van der Waals surface area contributed by atoms with Crippen molar-refractivity contribution < 1.29 is 9.53 Å². The first-order valence-corrected chi connectivity index (χ1v) is 6.31. The van der Waals surface area contributed by atoms with E-state index >= 15 is 0 Å². The Hall–Kier alpha value is -0.610. The summed E-state index contributed by atoms with van der Waals surface area (Å²) < 4.78 is 5.35. The minimum atomic E-state index is -0.593. The standard InChI is InChI=1S/C12H22N2O2/c1-10-9-16-8-7-14(10)11(15)12(13)5-3-2-4-6-12/h10H,2-9,13H2,1H3/t10-/m1/s1. The molecule has 1 aliphatic heterocycles. The van der Waals surface area contributed by atoms with Gasteiger partial charge in [-0.15, -0.1) is 0 Å². The van der Waals surface area contributed by atoms with Crippen LogP contribution in [0.1, 0.15) is 39.0 Å². The highest BCUT2D eigenvalue weighted by Gasteiger charge is 2.40. The number of rotatable bonds is 1. The maximum atomic E-state index is 12.4. The van der Waals surface area contributed by atoms with Crippen LogP contribution in [-0.4, -0.2) is 42.1 Å². The third kappa shape index (κ3) is 2.23. The Morgan fingerprint density at radius 2 is 2.06 bits per heavy atom. The molecule has 1 saturated carbocycles. The summed E-state index contributed by atoms with van der Waals surface area (Å²) in [5, 5.41) is 0. The van der Waals surface area contributed by atoms with Crippen molar-refractivity contribution in [1.29, 1.82) is 0 Å². The van der Waals surface area contributed by atoms with Gasteiger partial charge in [0.05, 0.1) is 24.8 Å². The first kappa shape index (κ1) is 11.9. The van der Waals surface area contributed by atoms with Crippen LogP contribution >= 0.6 is 0 Å². The summed E-state index contributed by atoms with van der Waals surface area (Å²) in [5.41, 5.74) is 5.67. The first-order chi connectivity index (χ1) is 7.63. The molecule has 1 heterocycles. The van der Waals surface area contributed by atoms with Crippen LogP contribution in [0.15, 0.2) is 0 Å². The highest BCUT2D eigenvalue weighted by molar-refractivity contribution is 5.86. The molecule has 0 bridgehead atoms. The van der Waals surface area contributed by atoms with Gasteiger partial charge in [-0.3, -0.25) is 4.79 Å². The first-order valence-electron chi connectivity index (χ1n) is 6.31. The van der Waals surface area contributed by atoms with Gasteiger partial charge in [-0.2, -0.15) is 0 Å². The van der Waals surface area contributed by atoms with Crippen LogP contribution in [0, 0.1) is 0 Å². The van der Waals surface area contributed by atoms with Crippen molar-refractivity contribution in [2.75, 3.05) is 19.8 Å². The van der Waals surface area contributed by atoms with E-state index < -0.39 is 5.54 Å². The molecule has 0 aromatic carbocycles. The minimum absolute atomic E-state index is 0.142. The van der Waals surface area contributed by atoms with Gasteiger partial charge in [0.15, 0.2) is 0 Å². The van der Waals surface area contributed by atoms with E-state index in [1.807, 2.05) is 11.8 Å². The summed E-state index contributed by atoms with van der Waals surface area (Å²) in [6.07, 6.45) is 5.07. The lowest BCUT2D eigenvalue weighted by molar-refractivity contribution is -0.146. The molecule has 0 aromatic heterocycles. The second-order valence-corrected chi connectivity index (χ2v) is 5.14. The SMILES string of the molecule is C[C@@H]1COCCN1C(=O)C1(N)CCCCC1. The largest absolute Gasteiger partial charge is 0.377 e. The van der Waals surface area contributed by atoms with Gasteiger partial charge in [-0.1, -0.05) is 19.3 Å². The molecule has 2 rings (SSSR count). The van der Waals surface area contributed by atoms with Crippen LogP contribution in [0.3, 0.4) is 0 Å². The van der Waals surface area contributed by atoms with E-state index in [0.717, 1.165) is 25.7 Å². The van der Waals surface area contributed by atoms with Crippen molar-refractivity contribution in [3.05, 3.63) is 0 Å². The highest BCUT2D eigenvalue weighted by Crippen LogP contribution is 2.28. The number of amides is 1. The Balaban J connectivity index is 2.04. The fourth-order valence-electron chi connectivity index (χ4n) is 2.71. The Kier molecular flexibility index (Phi) is 3.50. The third-order valence-electron chi connectivity index (χ3n) is 3.80. The molecule has 1 aliphatic carbocycles. The average Bonchev–Trinajstić information content (AvgIpc) is 2.30. The van der Waals surface area contributed by atoms with Crippen LogP contribution in [0.5, 0.6) is 0 Å². The Bertz CT molecular complexity index is 262. The molecule has 0 spiro atoms. The van der Waals surface area contributed by atoms with E-state index in [1.54, 1.807) is 0 Å². The lowest BCUT2D eigenvalue weighted by Gasteiger charge is -2.41. The molecule has 0 aromatic rings. The van der Waals surface area contributed by atoms with Gasteiger partial charge in [0.2, 0.25) is 5.91 Å². The second-order valence-electron chi connectivity index (χ2n) is 5.14. The molecule has 1 amide bonds. The molecule has 0 radical (unpaired) electrons. The van der Waals surface area contributed by atoms with Crippen molar-refractivity contribution in [2.24, 2.45) is 5.73 Å². The second kappa shape index (κ2) is 4.72. The van der Waals surface area contributed by atoms with E-state index in [2.05, 4.69) is 0 Å². The number of carbonyl (C=O) groups excluding carboxylic acids is 1. The highest BCUT2D eigenvalue weighted by atomic mass is 16.5. The maximum absolute atomic E-state index is 12.4. The molecular weight excluding hydrogens is 204 g/mol. The van der Waals surface area contributed by atoms with Crippen LogP contribution in [-0.2, 0) is 9.53 Å². The predicted molar refractivity (Wildman–Crippen MR) is 62.0 cm³/mol. The number of nitrogens with two attached hydrogens (primary N) is 1. The molecule has 1 atom stereocenters. The molecule has 2 aliphatic rings. The molecule has 4 heteroatoms. The van der Waals surface area contributed by atoms with Crippen molar-refractivity contribution in [3.8, 4) is 0 Å². The molecular formula is C12H22N2O2. The van der Waals surface area contributed by atoms with Gasteiger partial charge < -0.3 is 15.4 Å². The molecule has 92 valence electrons. The van der Waals surface area contributed by atoms with Gasteiger partial charge in [0.25, 0.3) is 0 Å². The fraction of sp³-hybridized carbons (Fsp3) is 0.917. The molecule has 0 unspecified atom stereocenters. The number of nitrogens with zero attached hydrogens (tertiary/aromatic N) is 1. The van der Waals surface area contributed by atoms with Gasteiger partial charge in [-0.05, 0) is 19.8 Å². The maximum Gasteiger partial charge on any atom is 0.243 e. The third-order valence-corrected chi connectivity index (χ3v) is 3.80. The lowest BCUT2D eigenvalue weighted by atomic mass is 9.81. The summed E-state index contributed by atoms with van der Waals surface area (Å²) in [6.45, 7) is 4.01. The van der Waals surface area contributed by atoms with Crippen LogP contribution in [0.4, 0.5) is 0 Å². The summed E-state index contributed by atoms with van der Waals surface area (Å²) in [5.74, 6) is 0.142. The van der Waals surface area contributed by atoms with Gasteiger partial charge in [0, 0.05) is 6.54 Å². The Morgan fingerprint density at radius 3 is 2.69 bits per heavy atom. The summed E-state index contributed by atoms with van der Waals surface area (Å²) in [6, 6.07) is 0.170. The number of hydrogen-bond donors (Lipinski definition) is 1. The Morgan fingerprint density at radius 1 is 1.38 bits per heavy atom. The summed E-state index contributed by atoms with van der Waals surface area (Å²) >= 11 is 0. The molecule has 2 N–H and O–H groups in total. The van der Waals surface area contributed by atoms with Gasteiger partial charge >= 0.3 is 0 Å². The minimum Gasteiger partial charge on any atom is -0.377 e. The fourth-order valence-corrected chi connectivity index (χ4v) is 2.71. The zero-order valence-corrected chi connectivity index (χ0v) is 10.1. The lowest BCUT2D eigenvalue weighted by Crippen LogP contribution is -2.60. The topological polar surface area (TPSA) is 55.6 Å². The van der Waals surface area contributed by atoms with Crippen LogP contribution < -0.4 is 5.73 Å². The molecule has 2 fully saturated rings. The molecule has 4 nitrogen and oxygen atoms in total. The van der Waals surface area contributed by atoms with Crippen molar-refractivity contribution in [2.45, 2.75) is 50.6 Å². The predicted octanol–water partition coefficient (Wildman–Crippen LogP) is 0.895. The van der Waals surface area contributed by atoms with Crippen molar-refractivity contribution in [3.63, 3.8) is 0 Å². The smallest absolute Gasteiger partial charge is 0.243 e. The zero-order chi connectivity index (χ0) is 11.6. The van der Waals surface area contributed by atoms with E-state index in [-0.39, 0.29) is 11.9 Å².